The number of rotatable bonds is 6. The van der Waals surface area contributed by atoms with Gasteiger partial charge in [0.05, 0.1) is 6.04 Å². The molecule has 1 aliphatic carbocycles. The average molecular weight is 270 g/mol. The van der Waals surface area contributed by atoms with Crippen molar-refractivity contribution in [1.82, 2.24) is 20.2 Å². The van der Waals surface area contributed by atoms with E-state index in [1.54, 1.807) is 11.8 Å². The maximum atomic E-state index is 8.70. The Morgan fingerprint density at radius 1 is 1.61 bits per heavy atom. The fourth-order valence-electron chi connectivity index (χ4n) is 1.49. The van der Waals surface area contributed by atoms with E-state index in [1.807, 2.05) is 18.5 Å². The van der Waals surface area contributed by atoms with Crippen molar-refractivity contribution in [2.45, 2.75) is 44.3 Å². The molecule has 1 saturated carbocycles. The Labute approximate surface area is 110 Å². The summed E-state index contributed by atoms with van der Waals surface area (Å²) in [7, 11) is 0. The largest absolute Gasteiger partial charge is 0.409 e. The molecule has 100 valence electrons. The topological polar surface area (TPSA) is 102 Å². The van der Waals surface area contributed by atoms with Crippen LogP contribution < -0.4 is 5.73 Å². The summed E-state index contributed by atoms with van der Waals surface area (Å²) in [6.45, 7) is 3.90. The predicted molar refractivity (Wildman–Crippen MR) is 68.6 cm³/mol. The van der Waals surface area contributed by atoms with Gasteiger partial charge in [0.25, 0.3) is 0 Å². The molecule has 0 aromatic carbocycles. The zero-order valence-corrected chi connectivity index (χ0v) is 11.4. The molecule has 8 heteroatoms. The van der Waals surface area contributed by atoms with Gasteiger partial charge in [0.2, 0.25) is 5.16 Å². The van der Waals surface area contributed by atoms with Crippen LogP contribution in [0.4, 0.5) is 0 Å². The number of hydrogen-bond acceptors (Lipinski definition) is 6. The van der Waals surface area contributed by atoms with Crippen LogP contribution in [0.2, 0.25) is 0 Å². The van der Waals surface area contributed by atoms with E-state index < -0.39 is 0 Å². The molecule has 1 aromatic rings. The normalized spacial score (nSPS) is 17.1. The van der Waals surface area contributed by atoms with Crippen LogP contribution >= 0.6 is 11.8 Å². The predicted octanol–water partition coefficient (Wildman–Crippen LogP) is 1.26. The number of tetrazole rings is 1. The summed E-state index contributed by atoms with van der Waals surface area (Å²) < 4.78 is 1.89. The smallest absolute Gasteiger partial charge is 0.209 e. The van der Waals surface area contributed by atoms with Gasteiger partial charge in [-0.3, -0.25) is 0 Å². The molecule has 1 heterocycles. The van der Waals surface area contributed by atoms with E-state index in [1.165, 1.54) is 0 Å². The van der Waals surface area contributed by atoms with E-state index in [0.29, 0.717) is 6.04 Å². The first-order valence-electron chi connectivity index (χ1n) is 5.93. The molecule has 0 atom stereocenters. The van der Waals surface area contributed by atoms with Crippen LogP contribution in [0.3, 0.4) is 0 Å². The number of thioether (sulfide) groups is 1. The molecule has 0 saturated heterocycles. The highest BCUT2D eigenvalue weighted by Crippen LogP contribution is 2.36. The van der Waals surface area contributed by atoms with E-state index >= 15 is 0 Å². The number of nitrogens with two attached hydrogens (primary N) is 1. The SMILES string of the molecule is CC(C)(CCSc1nnnn1C1CC1)C(N)=NO. The minimum atomic E-state index is -0.320. The molecule has 0 amide bonds. The Balaban J connectivity index is 1.86. The van der Waals surface area contributed by atoms with Crippen LogP contribution in [0.25, 0.3) is 0 Å². The lowest BCUT2D eigenvalue weighted by Crippen LogP contribution is -2.32. The summed E-state index contributed by atoms with van der Waals surface area (Å²) in [4.78, 5) is 0. The van der Waals surface area contributed by atoms with Crippen molar-refractivity contribution in [1.29, 1.82) is 0 Å². The Kier molecular flexibility index (Phi) is 3.74. The third-order valence-electron chi connectivity index (χ3n) is 3.11. The first-order valence-corrected chi connectivity index (χ1v) is 6.92. The molecule has 0 spiro atoms. The highest BCUT2D eigenvalue weighted by atomic mass is 32.2. The minimum absolute atomic E-state index is 0.255. The van der Waals surface area contributed by atoms with E-state index in [4.69, 9.17) is 10.9 Å². The zero-order chi connectivity index (χ0) is 13.2. The number of aromatic nitrogens is 4. The maximum absolute atomic E-state index is 8.70. The second kappa shape index (κ2) is 5.13. The van der Waals surface area contributed by atoms with Crippen LogP contribution in [0.1, 0.15) is 39.2 Å². The van der Waals surface area contributed by atoms with Crippen molar-refractivity contribution in [2.24, 2.45) is 16.3 Å². The van der Waals surface area contributed by atoms with Gasteiger partial charge in [-0.05, 0) is 29.7 Å². The van der Waals surface area contributed by atoms with Gasteiger partial charge in [0.15, 0.2) is 0 Å². The van der Waals surface area contributed by atoms with Crippen molar-refractivity contribution in [3.05, 3.63) is 0 Å². The lowest BCUT2D eigenvalue weighted by molar-refractivity contribution is 0.307. The number of amidine groups is 1. The Hall–Kier alpha value is -1.31. The minimum Gasteiger partial charge on any atom is -0.409 e. The van der Waals surface area contributed by atoms with Crippen molar-refractivity contribution < 1.29 is 5.21 Å². The first kappa shape index (κ1) is 13.1. The van der Waals surface area contributed by atoms with Crippen molar-refractivity contribution >= 4 is 17.6 Å². The van der Waals surface area contributed by atoms with Gasteiger partial charge in [-0.25, -0.2) is 4.68 Å². The standard InChI is InChI=1S/C10H18N6OS/c1-10(2,8(11)13-17)5-6-18-9-12-14-15-16(9)7-3-4-7/h7,17H,3-6H2,1-2H3,(H2,11,13). The first-order chi connectivity index (χ1) is 8.54. The second-order valence-corrected chi connectivity index (χ2v) is 6.17. The fourth-order valence-corrected chi connectivity index (χ4v) is 2.70. The van der Waals surface area contributed by atoms with Gasteiger partial charge in [-0.1, -0.05) is 30.8 Å². The van der Waals surface area contributed by atoms with Gasteiger partial charge in [-0.2, -0.15) is 0 Å². The van der Waals surface area contributed by atoms with Gasteiger partial charge in [-0.15, -0.1) is 5.10 Å². The van der Waals surface area contributed by atoms with Crippen molar-refractivity contribution in [3.8, 4) is 0 Å². The molecular formula is C10H18N6OS. The van der Waals surface area contributed by atoms with Gasteiger partial charge in [0, 0.05) is 11.2 Å². The quantitative estimate of drug-likeness (QED) is 0.265. The van der Waals surface area contributed by atoms with Crippen molar-refractivity contribution in [3.63, 3.8) is 0 Å². The van der Waals surface area contributed by atoms with Crippen molar-refractivity contribution in [2.75, 3.05) is 5.75 Å². The van der Waals surface area contributed by atoms with Crippen LogP contribution in [0.5, 0.6) is 0 Å². The lowest BCUT2D eigenvalue weighted by atomic mass is 9.89. The van der Waals surface area contributed by atoms with Gasteiger partial charge >= 0.3 is 0 Å². The summed E-state index contributed by atoms with van der Waals surface area (Å²) in [5, 5.41) is 24.3. The molecule has 0 bridgehead atoms. The third kappa shape index (κ3) is 2.92. The fraction of sp³-hybridized carbons (Fsp3) is 0.800. The summed E-state index contributed by atoms with van der Waals surface area (Å²) in [5.41, 5.74) is 5.32. The molecule has 1 fully saturated rings. The Morgan fingerprint density at radius 2 is 2.33 bits per heavy atom. The molecule has 0 unspecified atom stereocenters. The molecule has 2 rings (SSSR count). The Bertz CT molecular complexity index is 439. The third-order valence-corrected chi connectivity index (χ3v) is 4.05. The van der Waals surface area contributed by atoms with E-state index in [-0.39, 0.29) is 11.3 Å². The molecular weight excluding hydrogens is 252 g/mol. The number of hydrogen-bond donors (Lipinski definition) is 2. The highest BCUT2D eigenvalue weighted by molar-refractivity contribution is 7.99. The zero-order valence-electron chi connectivity index (χ0n) is 10.6. The summed E-state index contributed by atoms with van der Waals surface area (Å²) in [6.07, 6.45) is 3.12. The van der Waals surface area contributed by atoms with E-state index in [0.717, 1.165) is 30.2 Å². The summed E-state index contributed by atoms with van der Waals surface area (Å²) in [6, 6.07) is 0.486. The molecule has 18 heavy (non-hydrogen) atoms. The van der Waals surface area contributed by atoms with Crippen LogP contribution in [0.15, 0.2) is 10.3 Å². The number of nitrogens with zero attached hydrogens (tertiary/aromatic N) is 5. The second-order valence-electron chi connectivity index (χ2n) is 5.10. The molecule has 1 aromatic heterocycles. The van der Waals surface area contributed by atoms with E-state index in [9.17, 15) is 0 Å². The molecule has 0 radical (unpaired) electrons. The monoisotopic (exact) mass is 270 g/mol. The molecule has 7 nitrogen and oxygen atoms in total. The molecule has 1 aliphatic rings. The average Bonchev–Trinajstić information content (AvgIpc) is 3.08. The summed E-state index contributed by atoms with van der Waals surface area (Å²) in [5.74, 6) is 1.08. The highest BCUT2D eigenvalue weighted by Gasteiger charge is 2.28. The van der Waals surface area contributed by atoms with E-state index in [2.05, 4.69) is 20.7 Å². The lowest BCUT2D eigenvalue weighted by Gasteiger charge is -2.22. The number of oxime groups is 1. The van der Waals surface area contributed by atoms with Crippen LogP contribution in [0, 0.1) is 5.41 Å². The van der Waals surface area contributed by atoms with Crippen LogP contribution in [-0.4, -0.2) is 37.0 Å². The summed E-state index contributed by atoms with van der Waals surface area (Å²) >= 11 is 1.61. The molecule has 0 aliphatic heterocycles. The van der Waals surface area contributed by atoms with Crippen LogP contribution in [-0.2, 0) is 0 Å². The van der Waals surface area contributed by atoms with Gasteiger partial charge < -0.3 is 10.9 Å². The van der Waals surface area contributed by atoms with Gasteiger partial charge in [0.1, 0.15) is 5.84 Å². The Morgan fingerprint density at radius 3 is 2.94 bits per heavy atom. The molecule has 3 N–H and O–H groups in total. The maximum Gasteiger partial charge on any atom is 0.209 e.